The predicted octanol–water partition coefficient (Wildman–Crippen LogP) is 3.73. The fraction of sp³-hybridized carbons (Fsp3) is 0.529. The molecule has 1 aromatic carbocycles. The van der Waals surface area contributed by atoms with Crippen molar-refractivity contribution < 1.29 is 0 Å². The largest absolute Gasteiger partial charge is 0.299 e. The first-order valence-corrected chi connectivity index (χ1v) is 6.63. The van der Waals surface area contributed by atoms with Gasteiger partial charge in [-0.05, 0) is 22.5 Å². The van der Waals surface area contributed by atoms with E-state index in [1.165, 1.54) is 11.1 Å². The van der Waals surface area contributed by atoms with E-state index in [2.05, 4.69) is 70.1 Å². The highest BCUT2D eigenvalue weighted by Crippen LogP contribution is 2.22. The van der Waals surface area contributed by atoms with Crippen molar-refractivity contribution in [2.24, 2.45) is 5.92 Å². The second-order valence-corrected chi connectivity index (χ2v) is 6.22. The van der Waals surface area contributed by atoms with E-state index in [0.717, 1.165) is 6.54 Å². The Balaban J connectivity index is 2.63. The van der Waals surface area contributed by atoms with Gasteiger partial charge in [0.25, 0.3) is 0 Å². The number of rotatable bonds is 4. The van der Waals surface area contributed by atoms with Crippen molar-refractivity contribution in [2.45, 2.75) is 52.6 Å². The Hall–Kier alpha value is -1.26. The van der Waals surface area contributed by atoms with Crippen LogP contribution in [0.4, 0.5) is 0 Å². The first-order chi connectivity index (χ1) is 8.34. The van der Waals surface area contributed by atoms with Crippen molar-refractivity contribution in [3.8, 4) is 12.3 Å². The molecule has 0 radical (unpaired) electrons. The van der Waals surface area contributed by atoms with Gasteiger partial charge in [0, 0.05) is 6.54 Å². The van der Waals surface area contributed by atoms with Crippen LogP contribution in [0, 0.1) is 18.3 Å². The Kier molecular flexibility index (Phi) is 4.99. The Morgan fingerprint density at radius 1 is 1.17 bits per heavy atom. The van der Waals surface area contributed by atoms with Gasteiger partial charge in [-0.15, -0.1) is 6.42 Å². The molecule has 18 heavy (non-hydrogen) atoms. The van der Waals surface area contributed by atoms with Gasteiger partial charge in [0.05, 0.1) is 6.04 Å². The van der Waals surface area contributed by atoms with E-state index < -0.39 is 0 Å². The highest BCUT2D eigenvalue weighted by molar-refractivity contribution is 5.27. The van der Waals surface area contributed by atoms with Gasteiger partial charge in [0.2, 0.25) is 0 Å². The Labute approximate surface area is 112 Å². The van der Waals surface area contributed by atoms with Crippen LogP contribution in [0.15, 0.2) is 24.3 Å². The number of hydrogen-bond acceptors (Lipinski definition) is 1. The first-order valence-electron chi connectivity index (χ1n) is 6.63. The van der Waals surface area contributed by atoms with Gasteiger partial charge >= 0.3 is 0 Å². The maximum absolute atomic E-state index is 5.51. The Bertz CT molecular complexity index is 401. The second-order valence-electron chi connectivity index (χ2n) is 6.22. The fourth-order valence-corrected chi connectivity index (χ4v) is 1.84. The quantitative estimate of drug-likeness (QED) is 0.795. The zero-order valence-electron chi connectivity index (χ0n) is 12.2. The highest BCUT2D eigenvalue weighted by atomic mass is 14.9. The minimum absolute atomic E-state index is 0.146. The van der Waals surface area contributed by atoms with Crippen LogP contribution in [0.3, 0.4) is 0 Å². The van der Waals surface area contributed by atoms with Crippen molar-refractivity contribution in [3.05, 3.63) is 35.4 Å². The third-order valence-electron chi connectivity index (χ3n) is 3.19. The van der Waals surface area contributed by atoms with E-state index in [0.29, 0.717) is 5.92 Å². The summed E-state index contributed by atoms with van der Waals surface area (Å²) in [6, 6.07) is 8.92. The molecule has 1 atom stereocenters. The van der Waals surface area contributed by atoms with E-state index in [9.17, 15) is 0 Å². The van der Waals surface area contributed by atoms with Crippen molar-refractivity contribution in [1.29, 1.82) is 0 Å². The van der Waals surface area contributed by atoms with Gasteiger partial charge in [0.15, 0.2) is 0 Å². The van der Waals surface area contributed by atoms with Crippen LogP contribution in [0.2, 0.25) is 0 Å². The molecule has 0 aromatic heterocycles. The average molecular weight is 243 g/mol. The molecule has 0 aliphatic heterocycles. The van der Waals surface area contributed by atoms with Crippen LogP contribution >= 0.6 is 0 Å². The van der Waals surface area contributed by atoms with Crippen molar-refractivity contribution in [2.75, 3.05) is 0 Å². The number of hydrogen-bond donors (Lipinski definition) is 1. The first kappa shape index (κ1) is 14.8. The molecular weight excluding hydrogens is 218 g/mol. The van der Waals surface area contributed by atoms with Gasteiger partial charge in [-0.3, -0.25) is 5.32 Å². The molecular formula is C17H25N. The predicted molar refractivity (Wildman–Crippen MR) is 79.4 cm³/mol. The van der Waals surface area contributed by atoms with Gasteiger partial charge in [-0.2, -0.15) is 0 Å². The lowest BCUT2D eigenvalue weighted by Crippen LogP contribution is -2.31. The Morgan fingerprint density at radius 2 is 1.72 bits per heavy atom. The summed E-state index contributed by atoms with van der Waals surface area (Å²) < 4.78 is 0. The summed E-state index contributed by atoms with van der Waals surface area (Å²) >= 11 is 0. The summed E-state index contributed by atoms with van der Waals surface area (Å²) in [5.74, 6) is 3.26. The summed E-state index contributed by atoms with van der Waals surface area (Å²) in [6.07, 6.45) is 5.51. The molecule has 98 valence electrons. The van der Waals surface area contributed by atoms with E-state index in [1.807, 2.05) is 0 Å². The van der Waals surface area contributed by atoms with E-state index in [1.54, 1.807) is 0 Å². The second kappa shape index (κ2) is 6.07. The molecule has 0 saturated heterocycles. The monoisotopic (exact) mass is 243 g/mol. The van der Waals surface area contributed by atoms with E-state index in [-0.39, 0.29) is 11.5 Å². The fourth-order valence-electron chi connectivity index (χ4n) is 1.84. The van der Waals surface area contributed by atoms with Crippen molar-refractivity contribution >= 4 is 0 Å². The number of terminal acetylenes is 1. The summed E-state index contributed by atoms with van der Waals surface area (Å²) in [5.41, 5.74) is 2.86. The van der Waals surface area contributed by atoms with Crippen molar-refractivity contribution in [1.82, 2.24) is 5.32 Å². The maximum atomic E-state index is 5.51. The molecule has 1 unspecified atom stereocenters. The van der Waals surface area contributed by atoms with Crippen LogP contribution in [0.5, 0.6) is 0 Å². The summed E-state index contributed by atoms with van der Waals surface area (Å²) in [4.78, 5) is 0. The molecule has 0 fully saturated rings. The van der Waals surface area contributed by atoms with E-state index in [4.69, 9.17) is 6.42 Å². The molecule has 1 nitrogen and oxygen atoms in total. The normalized spacial score (nSPS) is 13.4. The molecule has 0 amide bonds. The topological polar surface area (TPSA) is 12.0 Å². The lowest BCUT2D eigenvalue weighted by Gasteiger charge is -2.20. The third-order valence-corrected chi connectivity index (χ3v) is 3.19. The average Bonchev–Trinajstić information content (AvgIpc) is 2.29. The van der Waals surface area contributed by atoms with Crippen LogP contribution in [0.1, 0.15) is 45.7 Å². The SMILES string of the molecule is C#CC(NCc1ccc(C(C)(C)C)cc1)C(C)C. The molecule has 0 saturated carbocycles. The van der Waals surface area contributed by atoms with Crippen LogP contribution in [-0.4, -0.2) is 6.04 Å². The molecule has 1 rings (SSSR count). The van der Waals surface area contributed by atoms with Crippen molar-refractivity contribution in [3.63, 3.8) is 0 Å². The lowest BCUT2D eigenvalue weighted by molar-refractivity contribution is 0.476. The zero-order valence-corrected chi connectivity index (χ0v) is 12.2. The molecule has 0 heterocycles. The zero-order chi connectivity index (χ0) is 13.8. The van der Waals surface area contributed by atoms with Crippen LogP contribution in [0.25, 0.3) is 0 Å². The molecule has 0 aliphatic rings. The number of nitrogens with one attached hydrogen (secondary N) is 1. The summed E-state index contributed by atoms with van der Waals surface area (Å²) in [7, 11) is 0. The molecule has 0 bridgehead atoms. The minimum Gasteiger partial charge on any atom is -0.299 e. The Morgan fingerprint density at radius 3 is 2.11 bits per heavy atom. The highest BCUT2D eigenvalue weighted by Gasteiger charge is 2.13. The number of benzene rings is 1. The molecule has 0 aliphatic carbocycles. The third kappa shape index (κ3) is 4.20. The van der Waals surface area contributed by atoms with Gasteiger partial charge in [-0.1, -0.05) is 64.8 Å². The molecule has 1 N–H and O–H groups in total. The molecule has 1 aromatic rings. The maximum Gasteiger partial charge on any atom is 0.0712 e. The summed E-state index contributed by atoms with van der Waals surface area (Å²) in [5, 5.41) is 3.41. The van der Waals surface area contributed by atoms with E-state index >= 15 is 0 Å². The molecule has 0 spiro atoms. The van der Waals surface area contributed by atoms with Gasteiger partial charge < -0.3 is 0 Å². The van der Waals surface area contributed by atoms with Gasteiger partial charge in [0.1, 0.15) is 0 Å². The smallest absolute Gasteiger partial charge is 0.0712 e. The minimum atomic E-state index is 0.146. The van der Waals surface area contributed by atoms with Crippen LogP contribution in [-0.2, 0) is 12.0 Å². The lowest BCUT2D eigenvalue weighted by atomic mass is 9.87. The van der Waals surface area contributed by atoms with Gasteiger partial charge in [-0.25, -0.2) is 0 Å². The summed E-state index contributed by atoms with van der Waals surface area (Å²) in [6.45, 7) is 11.8. The molecule has 1 heteroatoms. The van der Waals surface area contributed by atoms with Crippen LogP contribution < -0.4 is 5.32 Å². The standard InChI is InChI=1S/C17H25N/c1-7-16(13(2)3)18-12-14-8-10-15(11-9-14)17(4,5)6/h1,8-11,13,16,18H,12H2,2-6H3.